The largest absolute Gasteiger partial charge is 0.383 e. The van der Waals surface area contributed by atoms with Crippen LogP contribution in [-0.2, 0) is 6.54 Å². The quantitative estimate of drug-likeness (QED) is 0.868. The maximum absolute atomic E-state index is 4.48. The van der Waals surface area contributed by atoms with Crippen molar-refractivity contribution in [2.75, 3.05) is 25.5 Å². The minimum Gasteiger partial charge on any atom is -0.383 e. The Morgan fingerprint density at radius 3 is 2.84 bits per heavy atom. The molecule has 2 rings (SSSR count). The second kappa shape index (κ2) is 7.03. The number of rotatable bonds is 6. The molecule has 0 unspecified atom stereocenters. The Kier molecular flexibility index (Phi) is 5.36. The van der Waals surface area contributed by atoms with Gasteiger partial charge in [0, 0.05) is 35.2 Å². The molecule has 0 saturated carbocycles. The van der Waals surface area contributed by atoms with Gasteiger partial charge in [-0.1, -0.05) is 12.1 Å². The minimum absolute atomic E-state index is 0.905. The van der Waals surface area contributed by atoms with Crippen molar-refractivity contribution in [2.45, 2.75) is 13.5 Å². The van der Waals surface area contributed by atoms with Crippen molar-refractivity contribution in [1.29, 1.82) is 0 Å². The van der Waals surface area contributed by atoms with E-state index in [0.717, 1.165) is 40.5 Å². The lowest BCUT2D eigenvalue weighted by molar-refractivity contribution is 0.336. The summed E-state index contributed by atoms with van der Waals surface area (Å²) in [5, 5.41) is 6.69. The van der Waals surface area contributed by atoms with Gasteiger partial charge in [-0.05, 0) is 42.0 Å². The maximum Gasteiger partial charge on any atom is 0.0897 e. The predicted molar refractivity (Wildman–Crippen MR) is 85.8 cm³/mol. The fourth-order valence-corrected chi connectivity index (χ4v) is 2.85. The van der Waals surface area contributed by atoms with Crippen LogP contribution in [0.25, 0.3) is 0 Å². The Morgan fingerprint density at radius 2 is 2.16 bits per heavy atom. The minimum atomic E-state index is 0.905. The van der Waals surface area contributed by atoms with Gasteiger partial charge in [-0.25, -0.2) is 4.98 Å². The number of likely N-dealkylation sites (N-methyl/N-ethyl adjacent to an activating group) is 1. The fourth-order valence-electron chi connectivity index (χ4n) is 1.82. The highest BCUT2D eigenvalue weighted by atomic mass is 79.9. The van der Waals surface area contributed by atoms with E-state index in [0.29, 0.717) is 0 Å². The fraction of sp³-hybridized carbons (Fsp3) is 0.357. The van der Waals surface area contributed by atoms with Crippen LogP contribution in [-0.4, -0.2) is 30.0 Å². The molecule has 0 spiro atoms. The third kappa shape index (κ3) is 4.60. The Bertz CT molecular complexity index is 527. The highest BCUT2D eigenvalue weighted by Gasteiger charge is 2.04. The Labute approximate surface area is 126 Å². The number of nitrogens with zero attached hydrogens (tertiary/aromatic N) is 2. The number of aromatic nitrogens is 1. The van der Waals surface area contributed by atoms with Gasteiger partial charge in [-0.15, -0.1) is 11.3 Å². The molecule has 0 atom stereocenters. The van der Waals surface area contributed by atoms with Crippen LogP contribution < -0.4 is 5.32 Å². The second-order valence-corrected chi connectivity index (χ2v) is 6.42. The molecule has 1 heterocycles. The number of hydrogen-bond donors (Lipinski definition) is 1. The average Bonchev–Trinajstić information content (AvgIpc) is 2.77. The first-order valence-electron chi connectivity index (χ1n) is 6.23. The molecule has 5 heteroatoms. The van der Waals surface area contributed by atoms with E-state index in [4.69, 9.17) is 0 Å². The monoisotopic (exact) mass is 339 g/mol. The standard InChI is InChI=1S/C14H18BrN3S/c1-11-17-12(10-19-11)9-18(2)8-7-16-14-6-4-3-5-13(14)15/h3-6,10,16H,7-9H2,1-2H3. The molecule has 0 bridgehead atoms. The summed E-state index contributed by atoms with van der Waals surface area (Å²) in [6, 6.07) is 8.18. The molecule has 1 aromatic heterocycles. The van der Waals surface area contributed by atoms with Crippen LogP contribution in [0.15, 0.2) is 34.1 Å². The summed E-state index contributed by atoms with van der Waals surface area (Å²) in [4.78, 5) is 6.76. The summed E-state index contributed by atoms with van der Waals surface area (Å²) < 4.78 is 1.10. The zero-order valence-electron chi connectivity index (χ0n) is 11.2. The van der Waals surface area contributed by atoms with Gasteiger partial charge in [0.1, 0.15) is 0 Å². The summed E-state index contributed by atoms with van der Waals surface area (Å²) >= 11 is 5.24. The lowest BCUT2D eigenvalue weighted by atomic mass is 10.3. The molecule has 0 fully saturated rings. The Hall–Kier alpha value is -0.910. The molecular formula is C14H18BrN3S. The van der Waals surface area contributed by atoms with Crippen molar-refractivity contribution >= 4 is 33.0 Å². The number of para-hydroxylation sites is 1. The molecule has 1 aromatic carbocycles. The second-order valence-electron chi connectivity index (χ2n) is 4.50. The van der Waals surface area contributed by atoms with E-state index in [-0.39, 0.29) is 0 Å². The van der Waals surface area contributed by atoms with E-state index < -0.39 is 0 Å². The van der Waals surface area contributed by atoms with Crippen molar-refractivity contribution in [3.63, 3.8) is 0 Å². The van der Waals surface area contributed by atoms with Crippen LogP contribution in [0, 0.1) is 6.92 Å². The van der Waals surface area contributed by atoms with Gasteiger partial charge in [-0.2, -0.15) is 0 Å². The van der Waals surface area contributed by atoms with Crippen molar-refractivity contribution < 1.29 is 0 Å². The molecule has 0 radical (unpaired) electrons. The molecule has 19 heavy (non-hydrogen) atoms. The first-order valence-corrected chi connectivity index (χ1v) is 7.90. The summed E-state index contributed by atoms with van der Waals surface area (Å²) in [5.41, 5.74) is 2.30. The third-order valence-corrected chi connectivity index (χ3v) is 4.30. The Balaban J connectivity index is 1.75. The highest BCUT2D eigenvalue weighted by Crippen LogP contribution is 2.20. The van der Waals surface area contributed by atoms with Crippen LogP contribution in [0.2, 0.25) is 0 Å². The van der Waals surface area contributed by atoms with Gasteiger partial charge >= 0.3 is 0 Å². The van der Waals surface area contributed by atoms with Crippen LogP contribution in [0.1, 0.15) is 10.7 Å². The summed E-state index contributed by atoms with van der Waals surface area (Å²) in [7, 11) is 2.12. The smallest absolute Gasteiger partial charge is 0.0897 e. The normalized spacial score (nSPS) is 10.9. The van der Waals surface area contributed by atoms with Gasteiger partial charge in [-0.3, -0.25) is 4.90 Å². The molecular weight excluding hydrogens is 322 g/mol. The Morgan fingerprint density at radius 1 is 1.37 bits per heavy atom. The van der Waals surface area contributed by atoms with Gasteiger partial charge in [0.2, 0.25) is 0 Å². The van der Waals surface area contributed by atoms with Crippen molar-refractivity contribution in [3.8, 4) is 0 Å². The van der Waals surface area contributed by atoms with E-state index in [9.17, 15) is 0 Å². The van der Waals surface area contributed by atoms with E-state index in [2.05, 4.69) is 49.6 Å². The van der Waals surface area contributed by atoms with Gasteiger partial charge < -0.3 is 5.32 Å². The topological polar surface area (TPSA) is 28.2 Å². The summed E-state index contributed by atoms with van der Waals surface area (Å²) in [5.74, 6) is 0. The number of aryl methyl sites for hydroxylation is 1. The zero-order valence-corrected chi connectivity index (χ0v) is 13.6. The molecule has 0 saturated heterocycles. The van der Waals surface area contributed by atoms with E-state index in [1.54, 1.807) is 11.3 Å². The van der Waals surface area contributed by atoms with Crippen LogP contribution in [0.3, 0.4) is 0 Å². The van der Waals surface area contributed by atoms with Crippen molar-refractivity contribution in [2.24, 2.45) is 0 Å². The van der Waals surface area contributed by atoms with Gasteiger partial charge in [0.15, 0.2) is 0 Å². The molecule has 0 aliphatic heterocycles. The lowest BCUT2D eigenvalue weighted by Crippen LogP contribution is -2.25. The number of nitrogens with one attached hydrogen (secondary N) is 1. The average molecular weight is 340 g/mol. The molecule has 3 nitrogen and oxygen atoms in total. The molecule has 0 amide bonds. The number of hydrogen-bond acceptors (Lipinski definition) is 4. The molecule has 0 aliphatic rings. The van der Waals surface area contributed by atoms with Crippen LogP contribution in [0.4, 0.5) is 5.69 Å². The first-order chi connectivity index (χ1) is 9.15. The predicted octanol–water partition coefficient (Wildman–Crippen LogP) is 3.76. The first kappa shape index (κ1) is 14.5. The molecule has 2 aromatic rings. The summed E-state index contributed by atoms with van der Waals surface area (Å²) in [6.45, 7) is 4.85. The SMILES string of the molecule is Cc1nc(CN(C)CCNc2ccccc2Br)cs1. The van der Waals surface area contributed by atoms with E-state index in [1.165, 1.54) is 0 Å². The van der Waals surface area contributed by atoms with Crippen molar-refractivity contribution in [3.05, 3.63) is 44.8 Å². The maximum atomic E-state index is 4.48. The van der Waals surface area contributed by atoms with Crippen LogP contribution >= 0.6 is 27.3 Å². The summed E-state index contributed by atoms with van der Waals surface area (Å²) in [6.07, 6.45) is 0. The number of anilines is 1. The van der Waals surface area contributed by atoms with Gasteiger partial charge in [0.25, 0.3) is 0 Å². The number of benzene rings is 1. The molecule has 0 aliphatic carbocycles. The van der Waals surface area contributed by atoms with Crippen LogP contribution in [0.5, 0.6) is 0 Å². The highest BCUT2D eigenvalue weighted by molar-refractivity contribution is 9.10. The number of halogens is 1. The zero-order chi connectivity index (χ0) is 13.7. The van der Waals surface area contributed by atoms with E-state index >= 15 is 0 Å². The molecule has 102 valence electrons. The molecule has 1 N–H and O–H groups in total. The lowest BCUT2D eigenvalue weighted by Gasteiger charge is -2.16. The van der Waals surface area contributed by atoms with Gasteiger partial charge in [0.05, 0.1) is 10.7 Å². The third-order valence-electron chi connectivity index (χ3n) is 2.78. The van der Waals surface area contributed by atoms with E-state index in [1.807, 2.05) is 25.1 Å². The van der Waals surface area contributed by atoms with Crippen molar-refractivity contribution in [1.82, 2.24) is 9.88 Å². The number of thiazole rings is 1.